The molecule has 0 bridgehead atoms. The van der Waals surface area contributed by atoms with Crippen molar-refractivity contribution in [2.45, 2.75) is 19.1 Å². The number of nitrogens with zero attached hydrogens (tertiary/aromatic N) is 2. The van der Waals surface area contributed by atoms with Gasteiger partial charge in [0.1, 0.15) is 11.9 Å². The zero-order valence-corrected chi connectivity index (χ0v) is 13.3. The van der Waals surface area contributed by atoms with E-state index < -0.39 is 0 Å². The van der Waals surface area contributed by atoms with Gasteiger partial charge < -0.3 is 9.47 Å². The molecule has 22 heavy (non-hydrogen) atoms. The summed E-state index contributed by atoms with van der Waals surface area (Å²) < 4.78 is 11.2. The molecule has 5 heteroatoms. The number of ether oxygens (including phenoxy) is 2. The number of halogens is 1. The van der Waals surface area contributed by atoms with Crippen LogP contribution in [0.25, 0.3) is 0 Å². The lowest BCUT2D eigenvalue weighted by molar-refractivity contribution is 0.198. The zero-order valence-electron chi connectivity index (χ0n) is 12.5. The number of benzene rings is 1. The normalized spacial score (nSPS) is 18.4. The number of likely N-dealkylation sites (tertiary alicyclic amines) is 1. The molecule has 2 aromatic rings. The number of hydrogen-bond donors (Lipinski definition) is 0. The van der Waals surface area contributed by atoms with Crippen LogP contribution in [0.5, 0.6) is 11.6 Å². The van der Waals surface area contributed by atoms with Gasteiger partial charge in [-0.2, -0.15) is 0 Å². The van der Waals surface area contributed by atoms with Crippen LogP contribution in [0.4, 0.5) is 0 Å². The molecule has 1 unspecified atom stereocenters. The van der Waals surface area contributed by atoms with Crippen molar-refractivity contribution in [2.24, 2.45) is 0 Å². The first-order valence-electron chi connectivity index (χ1n) is 7.38. The molecule has 116 valence electrons. The van der Waals surface area contributed by atoms with Crippen LogP contribution in [0.1, 0.15) is 12.1 Å². The van der Waals surface area contributed by atoms with Gasteiger partial charge >= 0.3 is 0 Å². The summed E-state index contributed by atoms with van der Waals surface area (Å²) in [5, 5.41) is 0.662. The Hall–Kier alpha value is -1.78. The molecule has 4 nitrogen and oxygen atoms in total. The topological polar surface area (TPSA) is 34.6 Å². The minimum atomic E-state index is 0.172. The maximum absolute atomic E-state index is 6.14. The van der Waals surface area contributed by atoms with Crippen molar-refractivity contribution in [1.29, 1.82) is 0 Å². The average molecular weight is 319 g/mol. The highest BCUT2D eigenvalue weighted by Gasteiger charge is 2.24. The molecular weight excluding hydrogens is 300 g/mol. The van der Waals surface area contributed by atoms with Crippen molar-refractivity contribution in [3.05, 3.63) is 53.2 Å². The Morgan fingerprint density at radius 1 is 1.23 bits per heavy atom. The molecule has 0 amide bonds. The fraction of sp³-hybridized carbons (Fsp3) is 0.353. The fourth-order valence-corrected chi connectivity index (χ4v) is 2.83. The predicted molar refractivity (Wildman–Crippen MR) is 86.6 cm³/mol. The van der Waals surface area contributed by atoms with Gasteiger partial charge in [-0.05, 0) is 24.6 Å². The Kier molecular flexibility index (Phi) is 4.80. The van der Waals surface area contributed by atoms with Crippen molar-refractivity contribution < 1.29 is 9.47 Å². The van der Waals surface area contributed by atoms with E-state index in [1.165, 1.54) is 0 Å². The lowest BCUT2D eigenvalue weighted by Crippen LogP contribution is -2.25. The van der Waals surface area contributed by atoms with Crippen molar-refractivity contribution >= 4 is 11.6 Å². The quantitative estimate of drug-likeness (QED) is 0.846. The predicted octanol–water partition coefficient (Wildman–Crippen LogP) is 3.40. The van der Waals surface area contributed by atoms with E-state index in [0.29, 0.717) is 10.9 Å². The molecule has 1 aliphatic rings. The van der Waals surface area contributed by atoms with E-state index in [1.807, 2.05) is 42.5 Å². The number of rotatable bonds is 5. The first-order valence-corrected chi connectivity index (χ1v) is 7.76. The maximum Gasteiger partial charge on any atom is 0.213 e. The van der Waals surface area contributed by atoms with Crippen molar-refractivity contribution in [3.63, 3.8) is 0 Å². The smallest absolute Gasteiger partial charge is 0.213 e. The first kappa shape index (κ1) is 15.1. The summed E-state index contributed by atoms with van der Waals surface area (Å²) in [5.41, 5.74) is 1.01. The summed E-state index contributed by atoms with van der Waals surface area (Å²) >= 11 is 6.14. The Labute approximate surface area is 135 Å². The largest absolute Gasteiger partial charge is 0.487 e. The molecule has 1 aliphatic heterocycles. The van der Waals surface area contributed by atoms with Crippen LogP contribution in [0.15, 0.2) is 42.5 Å². The number of para-hydroxylation sites is 1. The van der Waals surface area contributed by atoms with Crippen molar-refractivity contribution in [1.82, 2.24) is 9.88 Å². The number of hydrogen-bond acceptors (Lipinski definition) is 4. The molecule has 0 aliphatic carbocycles. The molecule has 1 aromatic carbocycles. The van der Waals surface area contributed by atoms with E-state index in [4.69, 9.17) is 21.1 Å². The van der Waals surface area contributed by atoms with Crippen LogP contribution in [0.3, 0.4) is 0 Å². The Morgan fingerprint density at radius 2 is 2.09 bits per heavy atom. The summed E-state index contributed by atoms with van der Waals surface area (Å²) in [6, 6.07) is 13.5. The molecule has 1 saturated heterocycles. The van der Waals surface area contributed by atoms with Gasteiger partial charge in [-0.25, -0.2) is 4.98 Å². The van der Waals surface area contributed by atoms with Crippen molar-refractivity contribution in [2.75, 3.05) is 20.2 Å². The monoisotopic (exact) mass is 318 g/mol. The third-order valence-corrected chi connectivity index (χ3v) is 4.05. The molecule has 0 spiro atoms. The van der Waals surface area contributed by atoms with Gasteiger partial charge in [0.2, 0.25) is 5.88 Å². The SMILES string of the molecule is COc1cccc(CN2CCC(Oc3ccccc3Cl)C2)n1. The summed E-state index contributed by atoms with van der Waals surface area (Å²) in [4.78, 5) is 6.79. The minimum Gasteiger partial charge on any atom is -0.487 e. The van der Waals surface area contributed by atoms with E-state index in [9.17, 15) is 0 Å². The van der Waals surface area contributed by atoms with Gasteiger partial charge in [0.15, 0.2) is 0 Å². The van der Waals surface area contributed by atoms with E-state index in [1.54, 1.807) is 7.11 Å². The van der Waals surface area contributed by atoms with Crippen LogP contribution in [0, 0.1) is 0 Å². The van der Waals surface area contributed by atoms with Gasteiger partial charge in [-0.15, -0.1) is 0 Å². The summed E-state index contributed by atoms with van der Waals surface area (Å²) in [7, 11) is 1.63. The third-order valence-electron chi connectivity index (χ3n) is 3.74. The Balaban J connectivity index is 1.57. The van der Waals surface area contributed by atoms with Gasteiger partial charge in [0, 0.05) is 25.7 Å². The summed E-state index contributed by atoms with van der Waals surface area (Å²) in [6.07, 6.45) is 1.17. The highest BCUT2D eigenvalue weighted by molar-refractivity contribution is 6.32. The second kappa shape index (κ2) is 6.99. The molecule has 2 heterocycles. The van der Waals surface area contributed by atoms with Crippen LogP contribution in [-0.2, 0) is 6.54 Å². The van der Waals surface area contributed by atoms with E-state index >= 15 is 0 Å². The number of methoxy groups -OCH3 is 1. The van der Waals surface area contributed by atoms with Crippen LogP contribution >= 0.6 is 11.6 Å². The molecule has 0 saturated carbocycles. The van der Waals surface area contributed by atoms with Crippen LogP contribution < -0.4 is 9.47 Å². The molecule has 1 atom stereocenters. The Morgan fingerprint density at radius 3 is 2.91 bits per heavy atom. The van der Waals surface area contributed by atoms with E-state index in [-0.39, 0.29) is 6.10 Å². The van der Waals surface area contributed by atoms with Gasteiger partial charge in [0.25, 0.3) is 0 Å². The highest BCUT2D eigenvalue weighted by Crippen LogP contribution is 2.26. The van der Waals surface area contributed by atoms with E-state index in [2.05, 4.69) is 9.88 Å². The van der Waals surface area contributed by atoms with Crippen LogP contribution in [0.2, 0.25) is 5.02 Å². The Bertz CT molecular complexity index is 636. The molecule has 0 N–H and O–H groups in total. The van der Waals surface area contributed by atoms with Gasteiger partial charge in [-0.3, -0.25) is 4.90 Å². The van der Waals surface area contributed by atoms with Gasteiger partial charge in [0.05, 0.1) is 17.8 Å². The fourth-order valence-electron chi connectivity index (χ4n) is 2.65. The second-order valence-corrected chi connectivity index (χ2v) is 5.77. The zero-order chi connectivity index (χ0) is 15.4. The number of aromatic nitrogens is 1. The lowest BCUT2D eigenvalue weighted by Gasteiger charge is -2.17. The molecule has 3 rings (SSSR count). The lowest BCUT2D eigenvalue weighted by atomic mass is 10.3. The standard InChI is InChI=1S/C17H19ClN2O2/c1-21-17-8-4-5-13(19-17)11-20-10-9-14(12-20)22-16-7-3-2-6-15(16)18/h2-8,14H,9-12H2,1H3. The van der Waals surface area contributed by atoms with E-state index in [0.717, 1.165) is 37.5 Å². The summed E-state index contributed by atoms with van der Waals surface area (Å²) in [5.74, 6) is 1.41. The number of pyridine rings is 1. The molecule has 1 fully saturated rings. The van der Waals surface area contributed by atoms with Crippen molar-refractivity contribution in [3.8, 4) is 11.6 Å². The average Bonchev–Trinajstić information content (AvgIpc) is 2.97. The molecular formula is C17H19ClN2O2. The second-order valence-electron chi connectivity index (χ2n) is 5.37. The molecule has 0 radical (unpaired) electrons. The third kappa shape index (κ3) is 3.70. The highest BCUT2D eigenvalue weighted by atomic mass is 35.5. The maximum atomic E-state index is 6.14. The van der Waals surface area contributed by atoms with Gasteiger partial charge in [-0.1, -0.05) is 29.8 Å². The molecule has 1 aromatic heterocycles. The van der Waals surface area contributed by atoms with Crippen LogP contribution in [-0.4, -0.2) is 36.2 Å². The minimum absolute atomic E-state index is 0.172. The first-order chi connectivity index (χ1) is 10.7. The summed E-state index contributed by atoms with van der Waals surface area (Å²) in [6.45, 7) is 2.68.